The van der Waals surface area contributed by atoms with Gasteiger partial charge in [-0.15, -0.1) is 6.58 Å². The van der Waals surface area contributed by atoms with Gasteiger partial charge in [-0.1, -0.05) is 65.9 Å². The molecule has 0 fully saturated rings. The van der Waals surface area contributed by atoms with Gasteiger partial charge in [-0.05, 0) is 31.0 Å². The zero-order valence-electron chi connectivity index (χ0n) is 11.3. The summed E-state index contributed by atoms with van der Waals surface area (Å²) in [6.45, 7) is 6.06. The summed E-state index contributed by atoms with van der Waals surface area (Å²) in [7, 11) is 0. The first-order valence-corrected chi connectivity index (χ1v) is 6.51. The van der Waals surface area contributed by atoms with E-state index in [2.05, 4.69) is 49.6 Å². The van der Waals surface area contributed by atoms with Crippen molar-refractivity contribution in [3.63, 3.8) is 0 Å². The van der Waals surface area contributed by atoms with E-state index in [1.165, 1.54) is 5.56 Å². The summed E-state index contributed by atoms with van der Waals surface area (Å²) in [6, 6.07) is 20.5. The fourth-order valence-electron chi connectivity index (χ4n) is 1.98. The van der Waals surface area contributed by atoms with Crippen LogP contribution in [0.5, 0.6) is 0 Å². The highest BCUT2D eigenvalue weighted by Crippen LogP contribution is 2.22. The highest BCUT2D eigenvalue weighted by Gasteiger charge is 2.07. The lowest BCUT2D eigenvalue weighted by atomic mass is 9.93. The van der Waals surface area contributed by atoms with Crippen LogP contribution in [0, 0.1) is 11.8 Å². The molecule has 19 heavy (non-hydrogen) atoms. The van der Waals surface area contributed by atoms with Gasteiger partial charge < -0.3 is 0 Å². The smallest absolute Gasteiger partial charge is 0.0492 e. The van der Waals surface area contributed by atoms with Crippen molar-refractivity contribution in [3.05, 3.63) is 83.9 Å². The van der Waals surface area contributed by atoms with Crippen LogP contribution in [0.4, 0.5) is 0 Å². The Morgan fingerprint density at radius 1 is 1.00 bits per heavy atom. The average molecular weight is 246 g/mol. The second-order valence-electron chi connectivity index (χ2n) is 4.76. The normalized spacial score (nSPS) is 11.2. The van der Waals surface area contributed by atoms with E-state index in [1.54, 1.807) is 0 Å². The number of allylic oxidation sites excluding steroid dienone is 1. The van der Waals surface area contributed by atoms with Crippen molar-refractivity contribution >= 4 is 0 Å². The highest BCUT2D eigenvalue weighted by molar-refractivity contribution is 5.38. The molecule has 0 bridgehead atoms. The molecule has 1 unspecified atom stereocenters. The Bertz CT molecular complexity index is 582. The predicted molar refractivity (Wildman–Crippen MR) is 81.9 cm³/mol. The quantitative estimate of drug-likeness (QED) is 0.539. The van der Waals surface area contributed by atoms with Gasteiger partial charge in [-0.3, -0.25) is 0 Å². The Morgan fingerprint density at radius 2 is 1.58 bits per heavy atom. The van der Waals surface area contributed by atoms with E-state index in [0.29, 0.717) is 0 Å². The topological polar surface area (TPSA) is 0 Å². The molecule has 1 atom stereocenters. The van der Waals surface area contributed by atoms with Crippen LogP contribution in [-0.4, -0.2) is 0 Å². The van der Waals surface area contributed by atoms with Gasteiger partial charge in [0.25, 0.3) is 0 Å². The number of rotatable bonds is 3. The van der Waals surface area contributed by atoms with Gasteiger partial charge in [-0.25, -0.2) is 0 Å². The van der Waals surface area contributed by atoms with E-state index in [4.69, 9.17) is 0 Å². The van der Waals surface area contributed by atoms with Crippen molar-refractivity contribution in [2.24, 2.45) is 0 Å². The lowest BCUT2D eigenvalue weighted by Gasteiger charge is -2.10. The first kappa shape index (κ1) is 13.2. The van der Waals surface area contributed by atoms with Crippen molar-refractivity contribution < 1.29 is 0 Å². The molecular formula is C19H18. The molecule has 94 valence electrons. The van der Waals surface area contributed by atoms with Crippen LogP contribution in [0.15, 0.2) is 72.8 Å². The molecular weight excluding hydrogens is 228 g/mol. The standard InChI is InChI=1S/C19H18/c1-16(2)15-19(18-11-7-4-8-12-18)14-13-17-9-5-3-6-10-17/h3-12,19H,1,15H2,2H3. The molecule has 2 aromatic rings. The second kappa shape index (κ2) is 6.61. The third-order valence-electron chi connectivity index (χ3n) is 2.92. The highest BCUT2D eigenvalue weighted by atomic mass is 14.1. The molecule has 0 radical (unpaired) electrons. The SMILES string of the molecule is C=C(C)CC(C#Cc1ccccc1)c1ccccc1. The largest absolute Gasteiger partial charge is 0.100 e. The molecule has 0 amide bonds. The number of hydrogen-bond acceptors (Lipinski definition) is 0. The van der Waals surface area contributed by atoms with Crippen molar-refractivity contribution in [2.45, 2.75) is 19.3 Å². The Hall–Kier alpha value is -2.26. The fraction of sp³-hybridized carbons (Fsp3) is 0.158. The van der Waals surface area contributed by atoms with Crippen molar-refractivity contribution in [1.29, 1.82) is 0 Å². The summed E-state index contributed by atoms with van der Waals surface area (Å²) in [4.78, 5) is 0. The van der Waals surface area contributed by atoms with Crippen LogP contribution < -0.4 is 0 Å². The molecule has 0 saturated heterocycles. The summed E-state index contributed by atoms with van der Waals surface area (Å²) < 4.78 is 0. The minimum Gasteiger partial charge on any atom is -0.100 e. The third kappa shape index (κ3) is 4.16. The summed E-state index contributed by atoms with van der Waals surface area (Å²) in [6.07, 6.45) is 0.907. The number of benzene rings is 2. The molecule has 0 saturated carbocycles. The third-order valence-corrected chi connectivity index (χ3v) is 2.92. The lowest BCUT2D eigenvalue weighted by Crippen LogP contribution is -1.96. The molecule has 0 aliphatic heterocycles. The van der Waals surface area contributed by atoms with E-state index in [9.17, 15) is 0 Å². The van der Waals surface area contributed by atoms with E-state index >= 15 is 0 Å². The van der Waals surface area contributed by atoms with Crippen LogP contribution in [0.2, 0.25) is 0 Å². The summed E-state index contributed by atoms with van der Waals surface area (Å²) in [5.41, 5.74) is 3.48. The molecule has 0 heterocycles. The van der Waals surface area contributed by atoms with Gasteiger partial charge in [0.1, 0.15) is 0 Å². The zero-order valence-corrected chi connectivity index (χ0v) is 11.3. The van der Waals surface area contributed by atoms with E-state index < -0.39 is 0 Å². The minimum absolute atomic E-state index is 0.221. The molecule has 0 N–H and O–H groups in total. The molecule has 0 aliphatic rings. The zero-order chi connectivity index (χ0) is 13.5. The summed E-state index contributed by atoms with van der Waals surface area (Å²) in [5, 5.41) is 0. The molecule has 0 nitrogen and oxygen atoms in total. The Balaban J connectivity index is 2.25. The van der Waals surface area contributed by atoms with Gasteiger partial charge >= 0.3 is 0 Å². The fourth-order valence-corrected chi connectivity index (χ4v) is 1.98. The van der Waals surface area contributed by atoms with Crippen molar-refractivity contribution in [1.82, 2.24) is 0 Å². The van der Waals surface area contributed by atoms with Gasteiger partial charge in [0.2, 0.25) is 0 Å². The van der Waals surface area contributed by atoms with E-state index in [1.807, 2.05) is 36.4 Å². The maximum Gasteiger partial charge on any atom is 0.0492 e. The van der Waals surface area contributed by atoms with Crippen LogP contribution in [0.3, 0.4) is 0 Å². The monoisotopic (exact) mass is 246 g/mol. The van der Waals surface area contributed by atoms with Crippen molar-refractivity contribution in [2.75, 3.05) is 0 Å². The van der Waals surface area contributed by atoms with Crippen molar-refractivity contribution in [3.8, 4) is 11.8 Å². The minimum atomic E-state index is 0.221. The first-order valence-electron chi connectivity index (χ1n) is 6.51. The summed E-state index contributed by atoms with van der Waals surface area (Å²) in [5.74, 6) is 6.85. The lowest BCUT2D eigenvalue weighted by molar-refractivity contribution is 0.853. The first-order chi connectivity index (χ1) is 9.25. The van der Waals surface area contributed by atoms with Gasteiger partial charge in [0, 0.05) is 11.5 Å². The Labute approximate surface area is 115 Å². The van der Waals surface area contributed by atoms with Gasteiger partial charge in [0.05, 0.1) is 0 Å². The molecule has 0 aromatic heterocycles. The van der Waals surface area contributed by atoms with E-state index in [-0.39, 0.29) is 5.92 Å². The van der Waals surface area contributed by atoms with Crippen LogP contribution >= 0.6 is 0 Å². The Morgan fingerprint density at radius 3 is 2.16 bits per heavy atom. The maximum absolute atomic E-state index is 4.01. The second-order valence-corrected chi connectivity index (χ2v) is 4.76. The molecule has 0 aliphatic carbocycles. The molecule has 0 heteroatoms. The number of hydrogen-bond donors (Lipinski definition) is 0. The van der Waals surface area contributed by atoms with Gasteiger partial charge in [-0.2, -0.15) is 0 Å². The Kier molecular flexibility index (Phi) is 4.59. The molecule has 2 aromatic carbocycles. The average Bonchev–Trinajstić information content (AvgIpc) is 2.45. The summed E-state index contributed by atoms with van der Waals surface area (Å²) >= 11 is 0. The van der Waals surface area contributed by atoms with Crippen LogP contribution in [0.1, 0.15) is 30.4 Å². The van der Waals surface area contributed by atoms with Crippen LogP contribution in [-0.2, 0) is 0 Å². The van der Waals surface area contributed by atoms with Gasteiger partial charge in [0.15, 0.2) is 0 Å². The predicted octanol–water partition coefficient (Wildman–Crippen LogP) is 4.79. The van der Waals surface area contributed by atoms with Crippen LogP contribution in [0.25, 0.3) is 0 Å². The molecule has 0 spiro atoms. The maximum atomic E-state index is 4.01. The van der Waals surface area contributed by atoms with E-state index in [0.717, 1.165) is 17.6 Å². The molecule has 2 rings (SSSR count).